The minimum atomic E-state index is 0.150. The Hall–Kier alpha value is -1.32. The molecule has 2 nitrogen and oxygen atoms in total. The van der Waals surface area contributed by atoms with Gasteiger partial charge in [-0.25, -0.2) is 0 Å². The molecule has 1 atom stereocenters. The predicted octanol–water partition coefficient (Wildman–Crippen LogP) is 4.40. The third-order valence-corrected chi connectivity index (χ3v) is 4.46. The van der Waals surface area contributed by atoms with E-state index in [4.69, 9.17) is 4.74 Å². The molecule has 0 spiro atoms. The normalized spacial score (nSPS) is 19.2. The summed E-state index contributed by atoms with van der Waals surface area (Å²) in [5, 5.41) is 4.33. The lowest BCUT2D eigenvalue weighted by Gasteiger charge is -2.22. The Kier molecular flexibility index (Phi) is 4.08. The second kappa shape index (κ2) is 5.98. The van der Waals surface area contributed by atoms with E-state index < -0.39 is 0 Å². The highest BCUT2D eigenvalue weighted by Crippen LogP contribution is 2.32. The molecule has 0 amide bonds. The van der Waals surface area contributed by atoms with Crippen molar-refractivity contribution in [2.75, 3.05) is 13.1 Å². The fourth-order valence-corrected chi connectivity index (χ4v) is 3.50. The Labute approximate surface area is 125 Å². The highest BCUT2D eigenvalue weighted by atomic mass is 32.1. The summed E-state index contributed by atoms with van der Waals surface area (Å²) in [5.41, 5.74) is 3.92. The molecule has 0 bridgehead atoms. The van der Waals surface area contributed by atoms with Crippen LogP contribution in [0.15, 0.2) is 35.0 Å². The van der Waals surface area contributed by atoms with Gasteiger partial charge in [-0.3, -0.25) is 4.90 Å². The van der Waals surface area contributed by atoms with E-state index in [2.05, 4.69) is 53.8 Å². The van der Waals surface area contributed by atoms with E-state index in [1.807, 2.05) is 0 Å². The molecule has 0 N–H and O–H groups in total. The molecule has 106 valence electrons. The van der Waals surface area contributed by atoms with Gasteiger partial charge in [0.15, 0.2) is 0 Å². The molecule has 1 aromatic heterocycles. The molecule has 0 saturated carbocycles. The number of hydrogen-bond acceptors (Lipinski definition) is 3. The van der Waals surface area contributed by atoms with Crippen molar-refractivity contribution in [3.8, 4) is 5.75 Å². The van der Waals surface area contributed by atoms with Crippen molar-refractivity contribution in [1.82, 2.24) is 4.90 Å². The molecule has 0 saturated heterocycles. The van der Waals surface area contributed by atoms with Crippen LogP contribution in [0.4, 0.5) is 0 Å². The van der Waals surface area contributed by atoms with Crippen LogP contribution in [0.3, 0.4) is 0 Å². The Morgan fingerprint density at radius 1 is 1.35 bits per heavy atom. The SMILES string of the molecule is CCCN1Cc2cc(C)ccc2OC(c2ccsc2)C1. The first kappa shape index (κ1) is 13.7. The molecule has 1 aliphatic heterocycles. The summed E-state index contributed by atoms with van der Waals surface area (Å²) in [6.07, 6.45) is 1.33. The summed E-state index contributed by atoms with van der Waals surface area (Å²) in [7, 11) is 0. The average Bonchev–Trinajstić information content (AvgIpc) is 2.89. The summed E-state index contributed by atoms with van der Waals surface area (Å²) < 4.78 is 6.30. The largest absolute Gasteiger partial charge is 0.484 e. The van der Waals surface area contributed by atoms with E-state index in [1.165, 1.54) is 23.1 Å². The van der Waals surface area contributed by atoms with Crippen LogP contribution in [0.25, 0.3) is 0 Å². The fraction of sp³-hybridized carbons (Fsp3) is 0.412. The maximum Gasteiger partial charge on any atom is 0.137 e. The van der Waals surface area contributed by atoms with Gasteiger partial charge in [0.1, 0.15) is 11.9 Å². The van der Waals surface area contributed by atoms with Crippen LogP contribution in [0.5, 0.6) is 5.75 Å². The molecule has 3 heteroatoms. The van der Waals surface area contributed by atoms with Crippen molar-refractivity contribution in [3.63, 3.8) is 0 Å². The number of nitrogens with zero attached hydrogens (tertiary/aromatic N) is 1. The zero-order valence-corrected chi connectivity index (χ0v) is 13.0. The Morgan fingerprint density at radius 3 is 3.00 bits per heavy atom. The number of thiophene rings is 1. The highest BCUT2D eigenvalue weighted by Gasteiger charge is 2.24. The maximum absolute atomic E-state index is 6.30. The first-order valence-corrected chi connectivity index (χ1v) is 8.21. The van der Waals surface area contributed by atoms with Crippen molar-refractivity contribution in [3.05, 3.63) is 51.7 Å². The van der Waals surface area contributed by atoms with E-state index in [9.17, 15) is 0 Å². The first-order chi connectivity index (χ1) is 9.76. The Balaban J connectivity index is 1.93. The van der Waals surface area contributed by atoms with Gasteiger partial charge in [0.25, 0.3) is 0 Å². The molecular formula is C17H21NOS. The number of aryl methyl sites for hydroxylation is 1. The number of rotatable bonds is 3. The van der Waals surface area contributed by atoms with Gasteiger partial charge in [-0.05, 0) is 42.8 Å². The van der Waals surface area contributed by atoms with Gasteiger partial charge in [0.2, 0.25) is 0 Å². The third-order valence-electron chi connectivity index (χ3n) is 3.76. The van der Waals surface area contributed by atoms with Crippen molar-refractivity contribution >= 4 is 11.3 Å². The van der Waals surface area contributed by atoms with Crippen LogP contribution >= 0.6 is 11.3 Å². The van der Waals surface area contributed by atoms with Gasteiger partial charge in [-0.15, -0.1) is 0 Å². The van der Waals surface area contributed by atoms with Crippen molar-refractivity contribution < 1.29 is 4.74 Å². The minimum Gasteiger partial charge on any atom is -0.484 e. The van der Waals surface area contributed by atoms with Crippen LogP contribution in [0, 0.1) is 6.92 Å². The van der Waals surface area contributed by atoms with Gasteiger partial charge < -0.3 is 4.74 Å². The van der Waals surface area contributed by atoms with Crippen LogP contribution in [0.1, 0.15) is 36.1 Å². The standard InChI is InChI=1S/C17H21NOS/c1-3-7-18-10-15-9-13(2)4-5-16(15)19-17(11-18)14-6-8-20-12-14/h4-6,8-9,12,17H,3,7,10-11H2,1-2H3. The molecule has 1 aliphatic rings. The quantitative estimate of drug-likeness (QED) is 0.829. The zero-order chi connectivity index (χ0) is 13.9. The number of hydrogen-bond donors (Lipinski definition) is 0. The van der Waals surface area contributed by atoms with Crippen LogP contribution < -0.4 is 4.74 Å². The molecule has 1 unspecified atom stereocenters. The van der Waals surface area contributed by atoms with Gasteiger partial charge in [-0.2, -0.15) is 11.3 Å². The lowest BCUT2D eigenvalue weighted by Crippen LogP contribution is -2.28. The summed E-state index contributed by atoms with van der Waals surface area (Å²) in [6, 6.07) is 8.70. The smallest absolute Gasteiger partial charge is 0.137 e. The van der Waals surface area contributed by atoms with E-state index in [0.29, 0.717) is 0 Å². The zero-order valence-electron chi connectivity index (χ0n) is 12.1. The molecule has 2 heterocycles. The summed E-state index contributed by atoms with van der Waals surface area (Å²) in [5.74, 6) is 1.05. The second-order valence-electron chi connectivity index (χ2n) is 5.51. The van der Waals surface area contributed by atoms with E-state index in [1.54, 1.807) is 11.3 Å². The van der Waals surface area contributed by atoms with Gasteiger partial charge in [-0.1, -0.05) is 24.6 Å². The number of benzene rings is 1. The van der Waals surface area contributed by atoms with Crippen molar-refractivity contribution in [2.45, 2.75) is 32.9 Å². The fourth-order valence-electron chi connectivity index (χ4n) is 2.80. The molecule has 3 rings (SSSR count). The number of fused-ring (bicyclic) bond motifs is 1. The van der Waals surface area contributed by atoms with Crippen LogP contribution in [-0.4, -0.2) is 18.0 Å². The van der Waals surface area contributed by atoms with Crippen LogP contribution in [-0.2, 0) is 6.54 Å². The molecule has 0 fully saturated rings. The monoisotopic (exact) mass is 287 g/mol. The first-order valence-electron chi connectivity index (χ1n) is 7.27. The average molecular weight is 287 g/mol. The summed E-state index contributed by atoms with van der Waals surface area (Å²) in [6.45, 7) is 7.47. The third kappa shape index (κ3) is 2.89. The molecule has 0 aliphatic carbocycles. The Bertz CT molecular complexity index is 564. The molecule has 20 heavy (non-hydrogen) atoms. The van der Waals surface area contributed by atoms with Crippen molar-refractivity contribution in [1.29, 1.82) is 0 Å². The highest BCUT2D eigenvalue weighted by molar-refractivity contribution is 7.07. The summed E-state index contributed by atoms with van der Waals surface area (Å²) in [4.78, 5) is 2.51. The lowest BCUT2D eigenvalue weighted by atomic mass is 10.1. The molecular weight excluding hydrogens is 266 g/mol. The predicted molar refractivity (Wildman–Crippen MR) is 84.4 cm³/mol. The van der Waals surface area contributed by atoms with E-state index in [-0.39, 0.29) is 6.10 Å². The van der Waals surface area contributed by atoms with Gasteiger partial charge in [0, 0.05) is 24.2 Å². The van der Waals surface area contributed by atoms with E-state index in [0.717, 1.165) is 25.4 Å². The topological polar surface area (TPSA) is 12.5 Å². The Morgan fingerprint density at radius 2 is 2.25 bits per heavy atom. The number of ether oxygens (including phenoxy) is 1. The molecule has 2 aromatic rings. The molecule has 1 aromatic carbocycles. The maximum atomic E-state index is 6.30. The second-order valence-corrected chi connectivity index (χ2v) is 6.29. The molecule has 0 radical (unpaired) electrons. The minimum absolute atomic E-state index is 0.150. The lowest BCUT2D eigenvalue weighted by molar-refractivity contribution is 0.148. The van der Waals surface area contributed by atoms with Gasteiger partial charge in [0.05, 0.1) is 0 Å². The van der Waals surface area contributed by atoms with Gasteiger partial charge >= 0.3 is 0 Å². The van der Waals surface area contributed by atoms with Crippen LogP contribution in [0.2, 0.25) is 0 Å². The summed E-state index contributed by atoms with van der Waals surface area (Å²) >= 11 is 1.74. The van der Waals surface area contributed by atoms with E-state index >= 15 is 0 Å². The van der Waals surface area contributed by atoms with Crippen molar-refractivity contribution in [2.24, 2.45) is 0 Å².